The second kappa shape index (κ2) is 14.1. The predicted octanol–water partition coefficient (Wildman–Crippen LogP) is 13.1. The summed E-state index contributed by atoms with van der Waals surface area (Å²) in [7, 11) is 0. The van der Waals surface area contributed by atoms with E-state index in [1.54, 1.807) is 6.92 Å². The molecule has 0 saturated heterocycles. The normalized spacial score (nSPS) is 10.9. The Balaban J connectivity index is 1.14. The molecular formula is C48H37N3O. The quantitative estimate of drug-likeness (QED) is 0.155. The first-order valence-electron chi connectivity index (χ1n) is 17.4. The highest BCUT2D eigenvalue weighted by molar-refractivity contribution is 6.03. The van der Waals surface area contributed by atoms with E-state index in [0.29, 0.717) is 5.57 Å². The van der Waals surface area contributed by atoms with Gasteiger partial charge in [0.15, 0.2) is 0 Å². The lowest BCUT2D eigenvalue weighted by molar-refractivity contribution is -0.112. The highest BCUT2D eigenvalue weighted by Gasteiger charge is 2.17. The van der Waals surface area contributed by atoms with Gasteiger partial charge in [-0.2, -0.15) is 0 Å². The van der Waals surface area contributed by atoms with Gasteiger partial charge >= 0.3 is 0 Å². The van der Waals surface area contributed by atoms with Crippen molar-refractivity contribution in [3.63, 3.8) is 0 Å². The molecule has 0 unspecified atom stereocenters. The highest BCUT2D eigenvalue weighted by Crippen LogP contribution is 2.41. The van der Waals surface area contributed by atoms with Gasteiger partial charge in [-0.1, -0.05) is 122 Å². The lowest BCUT2D eigenvalue weighted by Gasteiger charge is -2.27. The van der Waals surface area contributed by atoms with Crippen molar-refractivity contribution in [2.45, 2.75) is 6.92 Å². The zero-order chi connectivity index (χ0) is 35.4. The van der Waals surface area contributed by atoms with E-state index in [9.17, 15) is 4.79 Å². The van der Waals surface area contributed by atoms with Crippen molar-refractivity contribution in [1.29, 1.82) is 0 Å². The van der Waals surface area contributed by atoms with Gasteiger partial charge in [-0.25, -0.2) is 0 Å². The average molecular weight is 672 g/mol. The Morgan fingerprint density at radius 3 is 1.29 bits per heavy atom. The van der Waals surface area contributed by atoms with E-state index in [0.717, 1.165) is 56.3 Å². The smallest absolute Gasteiger partial charge is 0.250 e. The maximum absolute atomic E-state index is 12.3. The molecule has 4 heteroatoms. The second-order valence-electron chi connectivity index (χ2n) is 12.9. The number of anilines is 7. The number of para-hydroxylation sites is 1. The standard InChI is InChI=1S/C48H37N3O/c1-34(2)48(52)49-39-26-32-43(33-27-39)51(47-21-11-15-38-13-7-9-19-45(38)47)42-30-24-36(25-31-42)35-22-28-41(29-23-35)50(40-16-4-3-5-17-40)46-20-10-14-37-12-6-8-18-44(37)46/h3-33H,1H2,2H3,(H,49,52). The van der Waals surface area contributed by atoms with Gasteiger partial charge in [0.1, 0.15) is 0 Å². The van der Waals surface area contributed by atoms with Gasteiger partial charge in [0, 0.05) is 44.8 Å². The number of rotatable bonds is 9. The Morgan fingerprint density at radius 2 is 0.827 bits per heavy atom. The average Bonchev–Trinajstić information content (AvgIpc) is 3.20. The molecule has 0 aromatic heterocycles. The molecule has 8 aromatic carbocycles. The molecule has 0 atom stereocenters. The zero-order valence-electron chi connectivity index (χ0n) is 28.9. The molecule has 1 N–H and O–H groups in total. The molecule has 1 amide bonds. The maximum atomic E-state index is 12.3. The van der Waals surface area contributed by atoms with E-state index >= 15 is 0 Å². The van der Waals surface area contributed by atoms with Crippen LogP contribution in [-0.2, 0) is 4.79 Å². The molecule has 0 fully saturated rings. The number of nitrogens with one attached hydrogen (secondary N) is 1. The van der Waals surface area contributed by atoms with Crippen LogP contribution in [0.25, 0.3) is 32.7 Å². The van der Waals surface area contributed by atoms with Crippen molar-refractivity contribution in [1.82, 2.24) is 0 Å². The molecule has 0 aliphatic rings. The van der Waals surface area contributed by atoms with Crippen molar-refractivity contribution in [2.75, 3.05) is 15.1 Å². The van der Waals surface area contributed by atoms with Gasteiger partial charge in [0.2, 0.25) is 0 Å². The van der Waals surface area contributed by atoms with E-state index in [-0.39, 0.29) is 5.91 Å². The third-order valence-electron chi connectivity index (χ3n) is 9.38. The predicted molar refractivity (Wildman–Crippen MR) is 220 cm³/mol. The van der Waals surface area contributed by atoms with Crippen molar-refractivity contribution < 1.29 is 4.79 Å². The van der Waals surface area contributed by atoms with Crippen LogP contribution in [-0.4, -0.2) is 5.91 Å². The molecule has 0 spiro atoms. The fourth-order valence-electron chi connectivity index (χ4n) is 6.78. The van der Waals surface area contributed by atoms with Gasteiger partial charge in [0.25, 0.3) is 5.91 Å². The van der Waals surface area contributed by atoms with Crippen LogP contribution in [0.4, 0.5) is 39.8 Å². The summed E-state index contributed by atoms with van der Waals surface area (Å²) >= 11 is 0. The Hall–Kier alpha value is -6.91. The SMILES string of the molecule is C=C(C)C(=O)Nc1ccc(N(c2ccc(-c3ccc(N(c4ccccc4)c4cccc5ccccc45)cc3)cc2)c2cccc3ccccc23)cc1. The first kappa shape index (κ1) is 32.3. The molecule has 8 rings (SSSR count). The van der Waals surface area contributed by atoms with Crippen LogP contribution in [0.2, 0.25) is 0 Å². The van der Waals surface area contributed by atoms with Crippen LogP contribution in [0, 0.1) is 0 Å². The Labute approximate surface area is 304 Å². The number of hydrogen-bond acceptors (Lipinski definition) is 3. The van der Waals surface area contributed by atoms with Crippen molar-refractivity contribution in [2.24, 2.45) is 0 Å². The minimum absolute atomic E-state index is 0.191. The molecule has 4 nitrogen and oxygen atoms in total. The fourth-order valence-corrected chi connectivity index (χ4v) is 6.78. The van der Waals surface area contributed by atoms with Gasteiger partial charge in [-0.05, 0) is 102 Å². The molecule has 250 valence electrons. The number of benzene rings is 8. The molecule has 0 aliphatic carbocycles. The number of carbonyl (C=O) groups is 1. The van der Waals surface area contributed by atoms with Crippen LogP contribution in [0.15, 0.2) is 200 Å². The summed E-state index contributed by atoms with van der Waals surface area (Å²) in [6.07, 6.45) is 0. The van der Waals surface area contributed by atoms with Crippen LogP contribution in [0.5, 0.6) is 0 Å². The summed E-state index contributed by atoms with van der Waals surface area (Å²) in [5.74, 6) is -0.191. The summed E-state index contributed by atoms with van der Waals surface area (Å²) in [5.41, 5.74) is 9.87. The second-order valence-corrected chi connectivity index (χ2v) is 12.9. The molecule has 0 bridgehead atoms. The lowest BCUT2D eigenvalue weighted by Crippen LogP contribution is -2.13. The molecule has 52 heavy (non-hydrogen) atoms. The fraction of sp³-hybridized carbons (Fsp3) is 0.0208. The topological polar surface area (TPSA) is 35.6 Å². The molecule has 0 aliphatic heterocycles. The largest absolute Gasteiger partial charge is 0.322 e. The Morgan fingerprint density at radius 1 is 0.442 bits per heavy atom. The molecule has 0 heterocycles. The van der Waals surface area contributed by atoms with Crippen LogP contribution >= 0.6 is 0 Å². The Bertz CT molecular complexity index is 2510. The van der Waals surface area contributed by atoms with E-state index in [2.05, 4.69) is 185 Å². The van der Waals surface area contributed by atoms with E-state index in [4.69, 9.17) is 0 Å². The number of carbonyl (C=O) groups excluding carboxylic acids is 1. The number of fused-ring (bicyclic) bond motifs is 2. The third kappa shape index (κ3) is 6.41. The van der Waals surface area contributed by atoms with Gasteiger partial charge < -0.3 is 15.1 Å². The maximum Gasteiger partial charge on any atom is 0.250 e. The monoisotopic (exact) mass is 671 g/mol. The first-order chi connectivity index (χ1) is 25.5. The van der Waals surface area contributed by atoms with Crippen molar-refractivity contribution in [3.8, 4) is 11.1 Å². The van der Waals surface area contributed by atoms with Gasteiger partial charge in [-0.3, -0.25) is 4.79 Å². The zero-order valence-corrected chi connectivity index (χ0v) is 28.9. The minimum atomic E-state index is -0.191. The summed E-state index contributed by atoms with van der Waals surface area (Å²) in [6.45, 7) is 5.46. The summed E-state index contributed by atoms with van der Waals surface area (Å²) in [5, 5.41) is 7.65. The van der Waals surface area contributed by atoms with E-state index in [1.807, 2.05) is 24.3 Å². The summed E-state index contributed by atoms with van der Waals surface area (Å²) < 4.78 is 0. The molecule has 0 radical (unpaired) electrons. The van der Waals surface area contributed by atoms with Crippen LogP contribution < -0.4 is 15.1 Å². The number of amides is 1. The number of hydrogen-bond donors (Lipinski definition) is 1. The van der Waals surface area contributed by atoms with Gasteiger partial charge in [0.05, 0.1) is 11.4 Å². The van der Waals surface area contributed by atoms with Crippen molar-refractivity contribution >= 4 is 67.3 Å². The van der Waals surface area contributed by atoms with E-state index < -0.39 is 0 Å². The minimum Gasteiger partial charge on any atom is -0.322 e. The lowest BCUT2D eigenvalue weighted by atomic mass is 10.0. The van der Waals surface area contributed by atoms with E-state index in [1.165, 1.54) is 16.2 Å². The molecule has 8 aromatic rings. The third-order valence-corrected chi connectivity index (χ3v) is 9.38. The molecule has 0 saturated carbocycles. The van der Waals surface area contributed by atoms with Crippen molar-refractivity contribution in [3.05, 3.63) is 200 Å². The number of nitrogens with zero attached hydrogens (tertiary/aromatic N) is 2. The Kier molecular flexibility index (Phi) is 8.78. The summed E-state index contributed by atoms with van der Waals surface area (Å²) in [4.78, 5) is 16.9. The summed E-state index contributed by atoms with van der Waals surface area (Å²) in [6, 6.07) is 65.8. The van der Waals surface area contributed by atoms with Gasteiger partial charge in [-0.15, -0.1) is 0 Å². The van der Waals surface area contributed by atoms with Crippen LogP contribution in [0.1, 0.15) is 6.92 Å². The first-order valence-corrected chi connectivity index (χ1v) is 17.4. The highest BCUT2D eigenvalue weighted by atomic mass is 16.1. The molecular weight excluding hydrogens is 635 g/mol. The van der Waals surface area contributed by atoms with Crippen LogP contribution in [0.3, 0.4) is 0 Å².